The number of piperazine rings is 1. The standard InChI is InChI=1S/C16H22N4O3.ClH/c1-3-21-13-6-4-5-7-14(13)22-11-15-18-16(19-23-15)12-10-17-8-9-20(12)2;/h4-7,12,17H,3,8-11H2,1-2H3;1H. The van der Waals surface area contributed by atoms with Crippen LogP contribution in [-0.2, 0) is 6.61 Å². The van der Waals surface area contributed by atoms with Gasteiger partial charge >= 0.3 is 0 Å². The first-order valence-electron chi connectivity index (χ1n) is 7.86. The Morgan fingerprint density at radius 2 is 2.04 bits per heavy atom. The molecule has 1 aromatic heterocycles. The molecular formula is C16H23ClN4O3. The van der Waals surface area contributed by atoms with Gasteiger partial charge < -0.3 is 19.3 Å². The van der Waals surface area contributed by atoms with Crippen molar-refractivity contribution in [1.82, 2.24) is 20.4 Å². The maximum Gasteiger partial charge on any atom is 0.264 e. The molecule has 0 amide bonds. The van der Waals surface area contributed by atoms with Crippen LogP contribution in [-0.4, -0.2) is 48.3 Å². The highest BCUT2D eigenvalue weighted by molar-refractivity contribution is 5.85. The molecule has 132 valence electrons. The minimum absolute atomic E-state index is 0. The second kappa shape index (κ2) is 8.86. The lowest BCUT2D eigenvalue weighted by Crippen LogP contribution is -2.44. The molecule has 0 aliphatic carbocycles. The zero-order valence-corrected chi connectivity index (χ0v) is 14.7. The molecule has 24 heavy (non-hydrogen) atoms. The molecule has 1 fully saturated rings. The molecular weight excluding hydrogens is 332 g/mol. The van der Waals surface area contributed by atoms with E-state index < -0.39 is 0 Å². The van der Waals surface area contributed by atoms with Crippen molar-refractivity contribution in [3.8, 4) is 11.5 Å². The van der Waals surface area contributed by atoms with E-state index in [4.69, 9.17) is 14.0 Å². The number of benzene rings is 1. The Balaban J connectivity index is 0.00000208. The van der Waals surface area contributed by atoms with Crippen molar-refractivity contribution in [3.05, 3.63) is 36.0 Å². The Bertz CT molecular complexity index is 637. The molecule has 0 radical (unpaired) electrons. The lowest BCUT2D eigenvalue weighted by atomic mass is 10.2. The Labute approximate surface area is 147 Å². The second-order valence-electron chi connectivity index (χ2n) is 5.42. The van der Waals surface area contributed by atoms with Crippen molar-refractivity contribution >= 4 is 12.4 Å². The highest BCUT2D eigenvalue weighted by Gasteiger charge is 2.25. The molecule has 1 aliphatic rings. The number of hydrogen-bond acceptors (Lipinski definition) is 7. The molecule has 0 saturated carbocycles. The second-order valence-corrected chi connectivity index (χ2v) is 5.42. The lowest BCUT2D eigenvalue weighted by molar-refractivity contribution is 0.189. The van der Waals surface area contributed by atoms with E-state index >= 15 is 0 Å². The number of ether oxygens (including phenoxy) is 2. The van der Waals surface area contributed by atoms with E-state index in [0.29, 0.717) is 29.8 Å². The van der Waals surface area contributed by atoms with E-state index in [2.05, 4.69) is 27.4 Å². The van der Waals surface area contributed by atoms with Crippen molar-refractivity contribution in [2.75, 3.05) is 33.3 Å². The monoisotopic (exact) mass is 354 g/mol. The van der Waals surface area contributed by atoms with Gasteiger partial charge in [0.25, 0.3) is 5.89 Å². The third-order valence-corrected chi connectivity index (χ3v) is 3.79. The van der Waals surface area contributed by atoms with Crippen LogP contribution >= 0.6 is 12.4 Å². The average Bonchev–Trinajstić information content (AvgIpc) is 3.03. The summed E-state index contributed by atoms with van der Waals surface area (Å²) in [5.41, 5.74) is 0. The maximum atomic E-state index is 5.75. The van der Waals surface area contributed by atoms with Gasteiger partial charge in [-0.2, -0.15) is 4.98 Å². The quantitative estimate of drug-likeness (QED) is 0.851. The molecule has 7 nitrogen and oxygen atoms in total. The van der Waals surface area contributed by atoms with Crippen LogP contribution in [0.1, 0.15) is 24.7 Å². The largest absolute Gasteiger partial charge is 0.490 e. The van der Waals surface area contributed by atoms with Gasteiger partial charge in [-0.15, -0.1) is 12.4 Å². The summed E-state index contributed by atoms with van der Waals surface area (Å²) < 4.78 is 16.6. The number of aromatic nitrogens is 2. The molecule has 0 bridgehead atoms. The molecule has 2 aromatic rings. The van der Waals surface area contributed by atoms with Crippen LogP contribution < -0.4 is 14.8 Å². The van der Waals surface area contributed by atoms with Crippen LogP contribution in [0.2, 0.25) is 0 Å². The summed E-state index contributed by atoms with van der Waals surface area (Å²) >= 11 is 0. The SMILES string of the molecule is CCOc1ccccc1OCc1nc(C2CNCCN2C)no1.Cl. The van der Waals surface area contributed by atoms with Gasteiger partial charge in [0.15, 0.2) is 23.9 Å². The fourth-order valence-corrected chi connectivity index (χ4v) is 2.54. The van der Waals surface area contributed by atoms with Crippen LogP contribution in [0.5, 0.6) is 11.5 Å². The lowest BCUT2D eigenvalue weighted by Gasteiger charge is -2.30. The molecule has 3 rings (SSSR count). The number of halogens is 1. The van der Waals surface area contributed by atoms with Gasteiger partial charge in [-0.3, -0.25) is 4.90 Å². The van der Waals surface area contributed by atoms with E-state index in [0.717, 1.165) is 19.6 Å². The summed E-state index contributed by atoms with van der Waals surface area (Å²) in [4.78, 5) is 6.67. The van der Waals surface area contributed by atoms with Gasteiger partial charge in [0.2, 0.25) is 0 Å². The van der Waals surface area contributed by atoms with Gasteiger partial charge in [-0.05, 0) is 26.1 Å². The minimum atomic E-state index is 0. The summed E-state index contributed by atoms with van der Waals surface area (Å²) in [6.45, 7) is 5.52. The number of hydrogen-bond donors (Lipinski definition) is 1. The summed E-state index contributed by atoms with van der Waals surface area (Å²) in [5.74, 6) is 2.54. The zero-order chi connectivity index (χ0) is 16.1. The van der Waals surface area contributed by atoms with E-state index in [9.17, 15) is 0 Å². The summed E-state index contributed by atoms with van der Waals surface area (Å²) in [6, 6.07) is 7.69. The van der Waals surface area contributed by atoms with Crippen molar-refractivity contribution in [1.29, 1.82) is 0 Å². The predicted molar refractivity (Wildman–Crippen MR) is 91.7 cm³/mol. The Morgan fingerprint density at radius 1 is 1.29 bits per heavy atom. The number of nitrogens with zero attached hydrogens (tertiary/aromatic N) is 3. The zero-order valence-electron chi connectivity index (χ0n) is 13.9. The number of likely N-dealkylation sites (N-methyl/N-ethyl adjacent to an activating group) is 1. The molecule has 1 unspecified atom stereocenters. The van der Waals surface area contributed by atoms with Crippen LogP contribution in [0.25, 0.3) is 0 Å². The Hall–Kier alpha value is -1.83. The first-order chi connectivity index (χ1) is 11.3. The van der Waals surface area contributed by atoms with E-state index in [-0.39, 0.29) is 25.1 Å². The molecule has 1 aromatic carbocycles. The molecule has 0 spiro atoms. The van der Waals surface area contributed by atoms with E-state index in [1.165, 1.54) is 0 Å². The smallest absolute Gasteiger partial charge is 0.264 e. The average molecular weight is 355 g/mol. The van der Waals surface area contributed by atoms with Crippen LogP contribution in [0.4, 0.5) is 0 Å². The van der Waals surface area contributed by atoms with Gasteiger partial charge in [-0.1, -0.05) is 17.3 Å². The normalized spacial score (nSPS) is 18.0. The van der Waals surface area contributed by atoms with Crippen molar-refractivity contribution in [2.45, 2.75) is 19.6 Å². The highest BCUT2D eigenvalue weighted by atomic mass is 35.5. The third-order valence-electron chi connectivity index (χ3n) is 3.79. The summed E-state index contributed by atoms with van der Waals surface area (Å²) in [7, 11) is 2.07. The van der Waals surface area contributed by atoms with Crippen molar-refractivity contribution in [2.24, 2.45) is 0 Å². The molecule has 1 N–H and O–H groups in total. The minimum Gasteiger partial charge on any atom is -0.490 e. The van der Waals surface area contributed by atoms with Crippen LogP contribution in [0, 0.1) is 0 Å². The molecule has 1 atom stereocenters. The predicted octanol–water partition coefficient (Wildman–Crippen LogP) is 2.05. The number of para-hydroxylation sites is 2. The van der Waals surface area contributed by atoms with E-state index in [1.54, 1.807) is 0 Å². The molecule has 1 saturated heterocycles. The first-order valence-corrected chi connectivity index (χ1v) is 7.86. The van der Waals surface area contributed by atoms with Gasteiger partial charge in [-0.25, -0.2) is 0 Å². The Kier molecular flexibility index (Phi) is 6.84. The van der Waals surface area contributed by atoms with Gasteiger partial charge in [0.1, 0.15) is 0 Å². The Morgan fingerprint density at radius 3 is 2.75 bits per heavy atom. The molecule has 8 heteroatoms. The first kappa shape index (κ1) is 18.5. The summed E-state index contributed by atoms with van der Waals surface area (Å²) in [6.07, 6.45) is 0. The van der Waals surface area contributed by atoms with E-state index in [1.807, 2.05) is 31.2 Å². The fourth-order valence-electron chi connectivity index (χ4n) is 2.54. The van der Waals surface area contributed by atoms with Crippen molar-refractivity contribution < 1.29 is 14.0 Å². The number of nitrogens with one attached hydrogen (secondary N) is 1. The highest BCUT2D eigenvalue weighted by Crippen LogP contribution is 2.27. The summed E-state index contributed by atoms with van der Waals surface area (Å²) in [5, 5.41) is 7.42. The third kappa shape index (κ3) is 4.37. The molecule has 1 aliphatic heterocycles. The van der Waals surface area contributed by atoms with Gasteiger partial charge in [0.05, 0.1) is 12.6 Å². The van der Waals surface area contributed by atoms with Crippen LogP contribution in [0.15, 0.2) is 28.8 Å². The number of rotatable bonds is 6. The fraction of sp³-hybridized carbons (Fsp3) is 0.500. The van der Waals surface area contributed by atoms with Crippen molar-refractivity contribution in [3.63, 3.8) is 0 Å². The maximum absolute atomic E-state index is 5.75. The van der Waals surface area contributed by atoms with Crippen LogP contribution in [0.3, 0.4) is 0 Å². The van der Waals surface area contributed by atoms with Gasteiger partial charge in [0, 0.05) is 19.6 Å². The molecule has 2 heterocycles. The topological polar surface area (TPSA) is 72.7 Å².